The number of benzene rings is 1. The molecule has 150 valence electrons. The van der Waals surface area contributed by atoms with Crippen LogP contribution in [0.15, 0.2) is 29.4 Å². The predicted octanol–water partition coefficient (Wildman–Crippen LogP) is 3.90. The molecule has 3 atom stereocenters. The molecule has 0 amide bonds. The van der Waals surface area contributed by atoms with Gasteiger partial charge >= 0.3 is 5.97 Å². The number of oxime groups is 1. The number of rotatable bonds is 5. The molecule has 2 aromatic rings. The second kappa shape index (κ2) is 7.95. The summed E-state index contributed by atoms with van der Waals surface area (Å²) in [5, 5.41) is 14.1. The van der Waals surface area contributed by atoms with Gasteiger partial charge in [0.05, 0.1) is 12.6 Å². The standard InChI is InChI=1S/C22H29N3O3/c1-3-14-11-15(12-19(24-27)22(26)28-4-2)21-20-17(9-10-25(21)13-14)16-7-5-6-8-18(16)23-20/h5-8,14-15,21,23,27H,3-4,9-13H2,1-2H3/b24-19-/t14-,15-,21-/m1/s1. The number of hydrogen-bond donors (Lipinski definition) is 2. The van der Waals surface area contributed by atoms with Crippen LogP contribution in [0, 0.1) is 11.8 Å². The molecule has 6 heteroatoms. The maximum atomic E-state index is 12.2. The number of fused-ring (bicyclic) bond motifs is 5. The minimum Gasteiger partial charge on any atom is -0.461 e. The summed E-state index contributed by atoms with van der Waals surface area (Å²) in [5.74, 6) is 0.290. The number of carbonyl (C=O) groups is 1. The van der Waals surface area contributed by atoms with E-state index < -0.39 is 5.97 Å². The SMILES string of the molecule is CCOC(=O)/C(C[C@H]1C[C@@H](CC)CN2CCc3c([nH]c4ccccc34)[C@@H]12)=N\O. The molecule has 0 spiro atoms. The first-order valence-electron chi connectivity index (χ1n) is 10.4. The van der Waals surface area contributed by atoms with E-state index in [1.807, 2.05) is 0 Å². The summed E-state index contributed by atoms with van der Waals surface area (Å²) in [6.07, 6.45) is 3.61. The van der Waals surface area contributed by atoms with Gasteiger partial charge in [0.25, 0.3) is 0 Å². The highest BCUT2D eigenvalue weighted by Gasteiger charge is 2.42. The van der Waals surface area contributed by atoms with E-state index in [9.17, 15) is 10.0 Å². The molecular weight excluding hydrogens is 354 g/mol. The van der Waals surface area contributed by atoms with Gasteiger partial charge in [0, 0.05) is 36.1 Å². The molecule has 1 saturated heterocycles. The fourth-order valence-electron chi connectivity index (χ4n) is 5.14. The first-order chi connectivity index (χ1) is 13.7. The highest BCUT2D eigenvalue weighted by atomic mass is 16.5. The third-order valence-corrected chi connectivity index (χ3v) is 6.42. The third-order valence-electron chi connectivity index (χ3n) is 6.42. The fourth-order valence-corrected chi connectivity index (χ4v) is 5.14. The van der Waals surface area contributed by atoms with Crippen LogP contribution in [0.3, 0.4) is 0 Å². The van der Waals surface area contributed by atoms with Crippen molar-refractivity contribution >= 4 is 22.6 Å². The lowest BCUT2D eigenvalue weighted by molar-refractivity contribution is -0.135. The van der Waals surface area contributed by atoms with Crippen molar-refractivity contribution < 1.29 is 14.7 Å². The molecule has 1 aromatic heterocycles. The molecule has 0 aliphatic carbocycles. The minimum atomic E-state index is -0.511. The van der Waals surface area contributed by atoms with Gasteiger partial charge in [0.2, 0.25) is 0 Å². The van der Waals surface area contributed by atoms with Gasteiger partial charge in [-0.25, -0.2) is 4.79 Å². The number of H-pyrrole nitrogens is 1. The molecule has 3 heterocycles. The van der Waals surface area contributed by atoms with Crippen molar-refractivity contribution in [2.45, 2.75) is 45.6 Å². The van der Waals surface area contributed by atoms with E-state index in [4.69, 9.17) is 4.74 Å². The predicted molar refractivity (Wildman–Crippen MR) is 109 cm³/mol. The summed E-state index contributed by atoms with van der Waals surface area (Å²) in [6.45, 7) is 6.38. The fraction of sp³-hybridized carbons (Fsp3) is 0.545. The Balaban J connectivity index is 1.70. The number of piperidine rings is 1. The molecule has 4 rings (SSSR count). The second-order valence-corrected chi connectivity index (χ2v) is 7.99. The lowest BCUT2D eigenvalue weighted by atomic mass is 9.75. The summed E-state index contributed by atoms with van der Waals surface area (Å²) in [5.41, 5.74) is 3.97. The molecule has 1 fully saturated rings. The lowest BCUT2D eigenvalue weighted by Gasteiger charge is -2.47. The average molecular weight is 383 g/mol. The van der Waals surface area contributed by atoms with Gasteiger partial charge < -0.3 is 14.9 Å². The summed E-state index contributed by atoms with van der Waals surface area (Å²) in [6, 6.07) is 8.68. The number of hydrogen-bond acceptors (Lipinski definition) is 5. The van der Waals surface area contributed by atoms with Crippen molar-refractivity contribution in [3.8, 4) is 0 Å². The van der Waals surface area contributed by atoms with Gasteiger partial charge in [-0.2, -0.15) is 0 Å². The number of nitrogens with zero attached hydrogens (tertiary/aromatic N) is 2. The van der Waals surface area contributed by atoms with Crippen molar-refractivity contribution in [3.05, 3.63) is 35.5 Å². The zero-order valence-corrected chi connectivity index (χ0v) is 16.6. The lowest BCUT2D eigenvalue weighted by Crippen LogP contribution is -2.47. The van der Waals surface area contributed by atoms with E-state index in [-0.39, 0.29) is 24.3 Å². The van der Waals surface area contributed by atoms with Gasteiger partial charge in [-0.05, 0) is 43.2 Å². The van der Waals surface area contributed by atoms with Gasteiger partial charge in [-0.15, -0.1) is 0 Å². The normalized spacial score (nSPS) is 25.4. The minimum absolute atomic E-state index is 0.131. The monoisotopic (exact) mass is 383 g/mol. The molecule has 28 heavy (non-hydrogen) atoms. The summed E-state index contributed by atoms with van der Waals surface area (Å²) >= 11 is 0. The van der Waals surface area contributed by atoms with Gasteiger partial charge in [0.15, 0.2) is 5.71 Å². The van der Waals surface area contributed by atoms with Crippen LogP contribution in [-0.4, -0.2) is 46.5 Å². The molecule has 1 aromatic carbocycles. The van der Waals surface area contributed by atoms with E-state index in [1.54, 1.807) is 6.92 Å². The Labute approximate surface area is 165 Å². The number of ether oxygens (including phenoxy) is 1. The molecule has 0 radical (unpaired) electrons. The van der Waals surface area contributed by atoms with Crippen LogP contribution in [-0.2, 0) is 16.0 Å². The van der Waals surface area contributed by atoms with E-state index in [0.717, 1.165) is 32.4 Å². The Kier molecular flexibility index (Phi) is 5.40. The quantitative estimate of drug-likeness (QED) is 0.355. The number of aromatic amines is 1. The van der Waals surface area contributed by atoms with E-state index in [1.165, 1.54) is 22.2 Å². The van der Waals surface area contributed by atoms with Crippen LogP contribution >= 0.6 is 0 Å². The van der Waals surface area contributed by atoms with Crippen LogP contribution in [0.1, 0.15) is 50.4 Å². The smallest absolute Gasteiger partial charge is 0.356 e. The van der Waals surface area contributed by atoms with Crippen LogP contribution in [0.4, 0.5) is 0 Å². The maximum absolute atomic E-state index is 12.2. The average Bonchev–Trinajstić information content (AvgIpc) is 3.10. The molecule has 2 aliphatic heterocycles. The Morgan fingerprint density at radius 1 is 1.36 bits per heavy atom. The van der Waals surface area contributed by atoms with Gasteiger partial charge in [-0.3, -0.25) is 4.90 Å². The Bertz CT molecular complexity index is 888. The zero-order chi connectivity index (χ0) is 19.7. The number of aromatic nitrogens is 1. The number of para-hydroxylation sites is 1. The largest absolute Gasteiger partial charge is 0.461 e. The van der Waals surface area contributed by atoms with Crippen molar-refractivity contribution in [1.82, 2.24) is 9.88 Å². The van der Waals surface area contributed by atoms with Crippen molar-refractivity contribution in [1.29, 1.82) is 0 Å². The second-order valence-electron chi connectivity index (χ2n) is 7.99. The van der Waals surface area contributed by atoms with Crippen LogP contribution in [0.2, 0.25) is 0 Å². The first kappa shape index (κ1) is 19.0. The van der Waals surface area contributed by atoms with Crippen molar-refractivity contribution in [2.24, 2.45) is 17.0 Å². The number of carbonyl (C=O) groups excluding carboxylic acids is 1. The summed E-state index contributed by atoms with van der Waals surface area (Å²) in [7, 11) is 0. The van der Waals surface area contributed by atoms with Crippen molar-refractivity contribution in [3.63, 3.8) is 0 Å². The first-order valence-corrected chi connectivity index (χ1v) is 10.4. The van der Waals surface area contributed by atoms with E-state index in [2.05, 4.69) is 46.2 Å². The molecule has 2 N–H and O–H groups in total. The van der Waals surface area contributed by atoms with Crippen LogP contribution < -0.4 is 0 Å². The maximum Gasteiger partial charge on any atom is 0.356 e. The summed E-state index contributed by atoms with van der Waals surface area (Å²) in [4.78, 5) is 18.4. The third kappa shape index (κ3) is 3.30. The summed E-state index contributed by atoms with van der Waals surface area (Å²) < 4.78 is 5.09. The van der Waals surface area contributed by atoms with Gasteiger partial charge in [-0.1, -0.05) is 36.7 Å². The topological polar surface area (TPSA) is 77.9 Å². The molecule has 0 unspecified atom stereocenters. The number of nitrogens with one attached hydrogen (secondary N) is 1. The Morgan fingerprint density at radius 3 is 2.93 bits per heavy atom. The molecule has 2 aliphatic rings. The van der Waals surface area contributed by atoms with Crippen molar-refractivity contribution in [2.75, 3.05) is 19.7 Å². The zero-order valence-electron chi connectivity index (χ0n) is 16.6. The van der Waals surface area contributed by atoms with Crippen LogP contribution in [0.5, 0.6) is 0 Å². The highest BCUT2D eigenvalue weighted by Crippen LogP contribution is 2.45. The Morgan fingerprint density at radius 2 is 2.18 bits per heavy atom. The molecule has 0 bridgehead atoms. The van der Waals surface area contributed by atoms with Crippen LogP contribution in [0.25, 0.3) is 10.9 Å². The molecule has 0 saturated carbocycles. The molecular formula is C22H29N3O3. The van der Waals surface area contributed by atoms with E-state index in [0.29, 0.717) is 12.3 Å². The van der Waals surface area contributed by atoms with Gasteiger partial charge in [0.1, 0.15) is 0 Å². The Hall–Kier alpha value is -2.34. The molecule has 6 nitrogen and oxygen atoms in total. The van der Waals surface area contributed by atoms with E-state index >= 15 is 0 Å². The highest BCUT2D eigenvalue weighted by molar-refractivity contribution is 6.36. The number of esters is 1.